The predicted molar refractivity (Wildman–Crippen MR) is 91.3 cm³/mol. The summed E-state index contributed by atoms with van der Waals surface area (Å²) in [6.45, 7) is 10.5. The fourth-order valence-corrected chi connectivity index (χ4v) is 5.14. The molecule has 2 N–H and O–H groups in total. The van der Waals surface area contributed by atoms with Crippen molar-refractivity contribution in [1.29, 1.82) is 0 Å². The fraction of sp³-hybridized carbons (Fsp3) is 0.650. The van der Waals surface area contributed by atoms with Gasteiger partial charge in [-0.3, -0.25) is 4.79 Å². The quantitative estimate of drug-likeness (QED) is 0.725. The van der Waals surface area contributed by atoms with E-state index in [1.807, 2.05) is 19.9 Å². The Hall–Kier alpha value is -1.51. The monoisotopic (exact) mass is 316 g/mol. The molecule has 0 saturated heterocycles. The van der Waals surface area contributed by atoms with Crippen LogP contribution in [-0.4, -0.2) is 16.0 Å². The minimum atomic E-state index is -0.248. The SMILES string of the molecule is CC(C)c1cc2c(c(O)c1O)[C@@]1(C)CCCC(C)(C)C1CC2=O. The molecule has 126 valence electrons. The largest absolute Gasteiger partial charge is 0.504 e. The van der Waals surface area contributed by atoms with E-state index in [9.17, 15) is 15.0 Å². The summed E-state index contributed by atoms with van der Waals surface area (Å²) in [6.07, 6.45) is 3.68. The second-order valence-corrected chi connectivity index (χ2v) is 8.68. The zero-order chi connectivity index (χ0) is 17.2. The van der Waals surface area contributed by atoms with Gasteiger partial charge in [-0.25, -0.2) is 0 Å². The van der Waals surface area contributed by atoms with Crippen molar-refractivity contribution in [3.63, 3.8) is 0 Å². The number of ketones is 1. The normalized spacial score (nSPS) is 29.3. The number of fused-ring (bicyclic) bond motifs is 3. The van der Waals surface area contributed by atoms with E-state index in [1.165, 1.54) is 0 Å². The number of hydrogen-bond acceptors (Lipinski definition) is 3. The zero-order valence-electron chi connectivity index (χ0n) is 14.9. The van der Waals surface area contributed by atoms with E-state index in [2.05, 4.69) is 20.8 Å². The number of phenols is 2. The van der Waals surface area contributed by atoms with E-state index in [0.717, 1.165) is 19.3 Å². The fourth-order valence-electron chi connectivity index (χ4n) is 5.14. The van der Waals surface area contributed by atoms with Gasteiger partial charge in [0.2, 0.25) is 0 Å². The molecule has 3 heteroatoms. The highest BCUT2D eigenvalue weighted by atomic mass is 16.3. The van der Waals surface area contributed by atoms with Crippen LogP contribution in [0.5, 0.6) is 11.5 Å². The van der Waals surface area contributed by atoms with Gasteiger partial charge in [0.15, 0.2) is 17.3 Å². The molecular formula is C20H28O3. The molecule has 0 bridgehead atoms. The van der Waals surface area contributed by atoms with Crippen molar-refractivity contribution in [3.05, 3.63) is 22.8 Å². The second-order valence-electron chi connectivity index (χ2n) is 8.68. The third-order valence-electron chi connectivity index (χ3n) is 6.42. The van der Waals surface area contributed by atoms with Crippen LogP contribution < -0.4 is 0 Å². The lowest BCUT2D eigenvalue weighted by Crippen LogP contribution is -2.49. The summed E-state index contributed by atoms with van der Waals surface area (Å²) in [5.41, 5.74) is 1.79. The molecule has 0 aliphatic heterocycles. The van der Waals surface area contributed by atoms with Gasteiger partial charge in [-0.2, -0.15) is 0 Å². The van der Waals surface area contributed by atoms with E-state index < -0.39 is 0 Å². The molecule has 2 aliphatic rings. The molecule has 2 atom stereocenters. The van der Waals surface area contributed by atoms with Crippen molar-refractivity contribution in [2.75, 3.05) is 0 Å². The smallest absolute Gasteiger partial charge is 0.163 e. The first-order chi connectivity index (χ1) is 10.6. The molecule has 0 spiro atoms. The number of aromatic hydroxyl groups is 2. The van der Waals surface area contributed by atoms with Crippen LogP contribution in [-0.2, 0) is 5.41 Å². The van der Waals surface area contributed by atoms with E-state index in [4.69, 9.17) is 0 Å². The van der Waals surface area contributed by atoms with Crippen LogP contribution >= 0.6 is 0 Å². The van der Waals surface area contributed by atoms with E-state index in [0.29, 0.717) is 23.1 Å². The minimum Gasteiger partial charge on any atom is -0.504 e. The van der Waals surface area contributed by atoms with Crippen molar-refractivity contribution in [2.24, 2.45) is 11.3 Å². The highest BCUT2D eigenvalue weighted by molar-refractivity contribution is 6.01. The molecule has 0 radical (unpaired) electrons. The Morgan fingerprint density at radius 1 is 1.13 bits per heavy atom. The van der Waals surface area contributed by atoms with Crippen LogP contribution in [0.15, 0.2) is 6.07 Å². The zero-order valence-corrected chi connectivity index (χ0v) is 14.9. The van der Waals surface area contributed by atoms with Gasteiger partial charge < -0.3 is 10.2 Å². The third kappa shape index (κ3) is 2.20. The molecule has 1 saturated carbocycles. The van der Waals surface area contributed by atoms with Crippen molar-refractivity contribution in [1.82, 2.24) is 0 Å². The Bertz CT molecular complexity index is 672. The van der Waals surface area contributed by atoms with E-state index in [-0.39, 0.29) is 39.9 Å². The summed E-state index contributed by atoms with van der Waals surface area (Å²) in [5, 5.41) is 21.2. The molecule has 0 heterocycles. The van der Waals surface area contributed by atoms with Gasteiger partial charge in [-0.1, -0.05) is 41.0 Å². The van der Waals surface area contributed by atoms with Crippen molar-refractivity contribution >= 4 is 5.78 Å². The number of Topliss-reactive ketones (excluding diaryl/α,β-unsaturated/α-hetero) is 1. The summed E-state index contributed by atoms with van der Waals surface area (Å²) in [6, 6.07) is 1.82. The van der Waals surface area contributed by atoms with Gasteiger partial charge in [-0.15, -0.1) is 0 Å². The maximum Gasteiger partial charge on any atom is 0.163 e. The van der Waals surface area contributed by atoms with Crippen LogP contribution in [0, 0.1) is 11.3 Å². The lowest BCUT2D eigenvalue weighted by atomic mass is 9.50. The molecule has 1 fully saturated rings. The summed E-state index contributed by atoms with van der Waals surface area (Å²) in [5.74, 6) is 0.266. The molecule has 2 aliphatic carbocycles. The van der Waals surface area contributed by atoms with Crippen LogP contribution in [0.2, 0.25) is 0 Å². The predicted octanol–water partition coefficient (Wildman–Crippen LogP) is 4.89. The number of carbonyl (C=O) groups excluding carboxylic acids is 1. The number of hydrogen-bond donors (Lipinski definition) is 2. The molecular weight excluding hydrogens is 288 g/mol. The molecule has 1 unspecified atom stereocenters. The lowest BCUT2D eigenvalue weighted by Gasteiger charge is -2.53. The van der Waals surface area contributed by atoms with Gasteiger partial charge in [0.25, 0.3) is 0 Å². The van der Waals surface area contributed by atoms with E-state index >= 15 is 0 Å². The Balaban J connectivity index is 2.28. The summed E-state index contributed by atoms with van der Waals surface area (Å²) in [7, 11) is 0. The van der Waals surface area contributed by atoms with Crippen LogP contribution in [0.3, 0.4) is 0 Å². The van der Waals surface area contributed by atoms with Gasteiger partial charge in [-0.05, 0) is 36.2 Å². The number of rotatable bonds is 1. The number of benzene rings is 1. The molecule has 1 aromatic carbocycles. The Labute approximate surface area is 138 Å². The maximum atomic E-state index is 12.8. The molecule has 1 aromatic rings. The van der Waals surface area contributed by atoms with Gasteiger partial charge in [0.05, 0.1) is 0 Å². The average molecular weight is 316 g/mol. The second kappa shape index (κ2) is 4.99. The standard InChI is InChI=1S/C20H28O3/c1-11(2)12-9-13-14(21)10-15-19(3,4)7-6-8-20(15,5)16(13)18(23)17(12)22/h9,11,15,22-23H,6-8,10H2,1-5H3/t15?,20-/m0/s1. The topological polar surface area (TPSA) is 57.5 Å². The highest BCUT2D eigenvalue weighted by Crippen LogP contribution is 2.60. The first-order valence-electron chi connectivity index (χ1n) is 8.72. The molecule has 3 rings (SSSR count). The van der Waals surface area contributed by atoms with Crippen LogP contribution in [0.1, 0.15) is 87.7 Å². The van der Waals surface area contributed by atoms with Crippen LogP contribution in [0.4, 0.5) is 0 Å². The molecule has 0 amide bonds. The number of phenolic OH excluding ortho intramolecular Hbond substituents is 2. The van der Waals surface area contributed by atoms with Gasteiger partial charge in [0.1, 0.15) is 0 Å². The summed E-state index contributed by atoms with van der Waals surface area (Å²) >= 11 is 0. The Kier molecular flexibility index (Phi) is 3.55. The first-order valence-corrected chi connectivity index (χ1v) is 8.72. The maximum absolute atomic E-state index is 12.8. The third-order valence-corrected chi connectivity index (χ3v) is 6.42. The summed E-state index contributed by atoms with van der Waals surface area (Å²) < 4.78 is 0. The van der Waals surface area contributed by atoms with Crippen molar-refractivity contribution < 1.29 is 15.0 Å². The molecule has 3 nitrogen and oxygen atoms in total. The highest BCUT2D eigenvalue weighted by Gasteiger charge is 2.53. The Morgan fingerprint density at radius 3 is 2.39 bits per heavy atom. The lowest BCUT2D eigenvalue weighted by molar-refractivity contribution is 0.0354. The van der Waals surface area contributed by atoms with E-state index in [1.54, 1.807) is 0 Å². The first kappa shape index (κ1) is 16.4. The van der Waals surface area contributed by atoms with Crippen molar-refractivity contribution in [3.8, 4) is 11.5 Å². The van der Waals surface area contributed by atoms with Gasteiger partial charge in [0, 0.05) is 28.5 Å². The van der Waals surface area contributed by atoms with Crippen LogP contribution in [0.25, 0.3) is 0 Å². The average Bonchev–Trinajstić information content (AvgIpc) is 2.43. The Morgan fingerprint density at radius 2 is 1.78 bits per heavy atom. The molecule has 0 aromatic heterocycles. The minimum absolute atomic E-state index is 0.0446. The summed E-state index contributed by atoms with van der Waals surface area (Å²) in [4.78, 5) is 12.8. The molecule has 23 heavy (non-hydrogen) atoms. The van der Waals surface area contributed by atoms with Crippen molar-refractivity contribution in [2.45, 2.75) is 71.6 Å². The van der Waals surface area contributed by atoms with Gasteiger partial charge >= 0.3 is 0 Å². The number of carbonyl (C=O) groups is 1.